The minimum absolute atomic E-state index is 0.563. The number of hydrogen-bond acceptors (Lipinski definition) is 2. The lowest BCUT2D eigenvalue weighted by atomic mass is 10.1. The van der Waals surface area contributed by atoms with E-state index in [1.54, 1.807) is 0 Å². The van der Waals surface area contributed by atoms with E-state index in [1.165, 1.54) is 0 Å². The van der Waals surface area contributed by atoms with Crippen LogP contribution >= 0.6 is 0 Å². The first kappa shape index (κ1) is 8.81. The molecule has 1 aromatic rings. The van der Waals surface area contributed by atoms with Gasteiger partial charge in [0.2, 0.25) is 0 Å². The van der Waals surface area contributed by atoms with Crippen LogP contribution in [0, 0.1) is 6.92 Å². The fraction of sp³-hybridized carbons (Fsp3) is 0.200. The van der Waals surface area contributed by atoms with Crippen molar-refractivity contribution in [3.63, 3.8) is 0 Å². The fourth-order valence-corrected chi connectivity index (χ4v) is 0.967. The molecule has 64 valence electrons. The Balaban J connectivity index is 2.89. The highest BCUT2D eigenvalue weighted by molar-refractivity contribution is 5.58. The van der Waals surface area contributed by atoms with E-state index in [2.05, 4.69) is 0 Å². The van der Waals surface area contributed by atoms with Crippen molar-refractivity contribution in [1.29, 1.82) is 0 Å². The van der Waals surface area contributed by atoms with Crippen molar-refractivity contribution < 1.29 is 0 Å². The lowest BCUT2D eigenvalue weighted by molar-refractivity contribution is 1.26. The van der Waals surface area contributed by atoms with Crippen LogP contribution in [0.4, 0.5) is 5.69 Å². The fourth-order valence-electron chi connectivity index (χ4n) is 0.967. The van der Waals surface area contributed by atoms with E-state index in [0.717, 1.165) is 16.8 Å². The van der Waals surface area contributed by atoms with Crippen molar-refractivity contribution in [2.24, 2.45) is 5.73 Å². The van der Waals surface area contributed by atoms with Crippen LogP contribution in [0.2, 0.25) is 0 Å². The molecule has 0 unspecified atom stereocenters. The zero-order chi connectivity index (χ0) is 8.97. The van der Waals surface area contributed by atoms with Gasteiger partial charge in [-0.3, -0.25) is 0 Å². The minimum Gasteiger partial charge on any atom is -0.398 e. The molecule has 0 amide bonds. The van der Waals surface area contributed by atoms with E-state index in [0.29, 0.717) is 6.54 Å². The van der Waals surface area contributed by atoms with Crippen molar-refractivity contribution in [3.05, 3.63) is 35.4 Å². The Hall–Kier alpha value is -1.28. The Morgan fingerprint density at radius 2 is 2.17 bits per heavy atom. The first-order valence-electron chi connectivity index (χ1n) is 3.97. The van der Waals surface area contributed by atoms with Gasteiger partial charge < -0.3 is 11.5 Å². The molecular weight excluding hydrogens is 148 g/mol. The molecule has 0 heterocycles. The summed E-state index contributed by atoms with van der Waals surface area (Å²) in [6.45, 7) is 2.56. The molecule has 0 fully saturated rings. The number of nitrogens with two attached hydrogens (primary N) is 2. The molecule has 2 nitrogen and oxygen atoms in total. The monoisotopic (exact) mass is 162 g/mol. The maximum absolute atomic E-state index is 5.73. The number of aryl methyl sites for hydroxylation is 1. The average molecular weight is 162 g/mol. The molecule has 0 aliphatic heterocycles. The molecule has 0 aliphatic carbocycles. The smallest absolute Gasteiger partial charge is 0.0349 e. The molecule has 2 heteroatoms. The second-order valence-electron chi connectivity index (χ2n) is 2.75. The van der Waals surface area contributed by atoms with Crippen LogP contribution in [-0.4, -0.2) is 6.54 Å². The SMILES string of the molecule is Cc1ccc(C=CCN)cc1N. The van der Waals surface area contributed by atoms with Gasteiger partial charge in [0.1, 0.15) is 0 Å². The zero-order valence-corrected chi connectivity index (χ0v) is 7.25. The molecule has 0 aliphatic rings. The number of anilines is 1. The first-order valence-corrected chi connectivity index (χ1v) is 3.97. The quantitative estimate of drug-likeness (QED) is 0.648. The zero-order valence-electron chi connectivity index (χ0n) is 7.25. The van der Waals surface area contributed by atoms with Crippen LogP contribution in [0.15, 0.2) is 24.3 Å². The second kappa shape index (κ2) is 3.93. The molecule has 4 N–H and O–H groups in total. The van der Waals surface area contributed by atoms with Gasteiger partial charge in [-0.05, 0) is 24.1 Å². The van der Waals surface area contributed by atoms with Crippen LogP contribution in [0.1, 0.15) is 11.1 Å². The van der Waals surface area contributed by atoms with Crippen LogP contribution in [0.5, 0.6) is 0 Å². The van der Waals surface area contributed by atoms with Gasteiger partial charge in [0.15, 0.2) is 0 Å². The summed E-state index contributed by atoms with van der Waals surface area (Å²) in [6.07, 6.45) is 3.87. The average Bonchev–Trinajstić information content (AvgIpc) is 2.07. The molecule has 12 heavy (non-hydrogen) atoms. The standard InChI is InChI=1S/C10H14N2/c1-8-4-5-9(3-2-6-11)7-10(8)12/h2-5,7H,6,11-12H2,1H3. The summed E-state index contributed by atoms with van der Waals surface area (Å²) in [5.41, 5.74) is 14.1. The lowest BCUT2D eigenvalue weighted by Crippen LogP contribution is -1.93. The van der Waals surface area contributed by atoms with Crippen molar-refractivity contribution in [2.45, 2.75) is 6.92 Å². The van der Waals surface area contributed by atoms with E-state index in [4.69, 9.17) is 11.5 Å². The number of nitrogen functional groups attached to an aromatic ring is 1. The maximum atomic E-state index is 5.73. The number of rotatable bonds is 2. The summed E-state index contributed by atoms with van der Waals surface area (Å²) in [7, 11) is 0. The van der Waals surface area contributed by atoms with Gasteiger partial charge in [0.25, 0.3) is 0 Å². The maximum Gasteiger partial charge on any atom is 0.0349 e. The van der Waals surface area contributed by atoms with Crippen molar-refractivity contribution in [3.8, 4) is 0 Å². The summed E-state index contributed by atoms with van der Waals surface area (Å²) in [5.74, 6) is 0. The Morgan fingerprint density at radius 1 is 1.42 bits per heavy atom. The second-order valence-corrected chi connectivity index (χ2v) is 2.75. The van der Waals surface area contributed by atoms with Crippen molar-refractivity contribution >= 4 is 11.8 Å². The highest BCUT2D eigenvalue weighted by Crippen LogP contribution is 2.13. The Bertz CT molecular complexity index is 290. The van der Waals surface area contributed by atoms with Gasteiger partial charge in [0, 0.05) is 12.2 Å². The van der Waals surface area contributed by atoms with Gasteiger partial charge in [-0.1, -0.05) is 24.3 Å². The van der Waals surface area contributed by atoms with Crippen LogP contribution in [0.3, 0.4) is 0 Å². The molecule has 0 saturated heterocycles. The van der Waals surface area contributed by atoms with Crippen molar-refractivity contribution in [1.82, 2.24) is 0 Å². The molecule has 0 spiro atoms. The minimum atomic E-state index is 0.563. The van der Waals surface area contributed by atoms with E-state index in [-0.39, 0.29) is 0 Å². The van der Waals surface area contributed by atoms with Crippen LogP contribution in [-0.2, 0) is 0 Å². The molecule has 0 aromatic heterocycles. The third kappa shape index (κ3) is 2.10. The molecule has 0 bridgehead atoms. The molecular formula is C10H14N2. The third-order valence-corrected chi connectivity index (χ3v) is 1.75. The van der Waals surface area contributed by atoms with E-state index < -0.39 is 0 Å². The van der Waals surface area contributed by atoms with Gasteiger partial charge >= 0.3 is 0 Å². The number of benzene rings is 1. The summed E-state index contributed by atoms with van der Waals surface area (Å²) in [6, 6.07) is 5.98. The lowest BCUT2D eigenvalue weighted by Gasteiger charge is -2.00. The van der Waals surface area contributed by atoms with Gasteiger partial charge in [-0.15, -0.1) is 0 Å². The van der Waals surface area contributed by atoms with E-state index >= 15 is 0 Å². The molecule has 1 aromatic carbocycles. The van der Waals surface area contributed by atoms with Crippen LogP contribution < -0.4 is 11.5 Å². The predicted octanol–water partition coefficient (Wildman–Crippen LogP) is 1.55. The Kier molecular flexibility index (Phi) is 2.88. The summed E-state index contributed by atoms with van der Waals surface area (Å²) < 4.78 is 0. The van der Waals surface area contributed by atoms with E-state index in [9.17, 15) is 0 Å². The largest absolute Gasteiger partial charge is 0.398 e. The predicted molar refractivity (Wildman–Crippen MR) is 53.7 cm³/mol. The molecule has 1 rings (SSSR count). The summed E-state index contributed by atoms with van der Waals surface area (Å²) in [4.78, 5) is 0. The summed E-state index contributed by atoms with van der Waals surface area (Å²) in [5, 5.41) is 0. The Morgan fingerprint density at radius 3 is 2.75 bits per heavy atom. The molecule has 0 atom stereocenters. The topological polar surface area (TPSA) is 52.0 Å². The van der Waals surface area contributed by atoms with Gasteiger partial charge in [-0.2, -0.15) is 0 Å². The molecule has 0 radical (unpaired) electrons. The van der Waals surface area contributed by atoms with Crippen molar-refractivity contribution in [2.75, 3.05) is 12.3 Å². The van der Waals surface area contributed by atoms with Crippen LogP contribution in [0.25, 0.3) is 6.08 Å². The van der Waals surface area contributed by atoms with E-state index in [1.807, 2.05) is 37.3 Å². The van der Waals surface area contributed by atoms with Gasteiger partial charge in [0.05, 0.1) is 0 Å². The third-order valence-electron chi connectivity index (χ3n) is 1.75. The Labute approximate surface area is 72.9 Å². The highest BCUT2D eigenvalue weighted by atomic mass is 14.5. The normalized spacial score (nSPS) is 10.8. The summed E-state index contributed by atoms with van der Waals surface area (Å²) >= 11 is 0. The first-order chi connectivity index (χ1) is 5.74. The van der Waals surface area contributed by atoms with Gasteiger partial charge in [-0.25, -0.2) is 0 Å². The number of hydrogen-bond donors (Lipinski definition) is 2. The molecule has 0 saturated carbocycles. The highest BCUT2D eigenvalue weighted by Gasteiger charge is 1.92.